The molecule has 6 heteroatoms. The fraction of sp³-hybridized carbons (Fsp3) is 0.480. The maximum atomic E-state index is 11.8. The molecule has 2 saturated heterocycles. The lowest BCUT2D eigenvalue weighted by molar-refractivity contribution is -0.128. The van der Waals surface area contributed by atoms with Gasteiger partial charge >= 0.3 is 0 Å². The Morgan fingerprint density at radius 3 is 2.45 bits per heavy atom. The van der Waals surface area contributed by atoms with Crippen LogP contribution in [-0.2, 0) is 4.79 Å². The fourth-order valence-corrected chi connectivity index (χ4v) is 4.42. The Kier molecular flexibility index (Phi) is 6.97. The van der Waals surface area contributed by atoms with Gasteiger partial charge in [0.05, 0.1) is 6.54 Å². The molecule has 0 radical (unpaired) electrons. The number of carbonyl (C=O) groups is 1. The molecule has 0 saturated carbocycles. The van der Waals surface area contributed by atoms with E-state index in [1.54, 1.807) is 6.07 Å². The molecule has 0 atom stereocenters. The Bertz CT molecular complexity index is 908. The first-order chi connectivity index (χ1) is 15.1. The van der Waals surface area contributed by atoms with Crippen LogP contribution in [0.25, 0.3) is 11.1 Å². The second kappa shape index (κ2) is 10.1. The van der Waals surface area contributed by atoms with Gasteiger partial charge < -0.3 is 19.5 Å². The average Bonchev–Trinajstić information content (AvgIpc) is 3.41. The van der Waals surface area contributed by atoms with Gasteiger partial charge in [-0.15, -0.1) is 0 Å². The topological polar surface area (TPSA) is 62.2 Å². The zero-order valence-corrected chi connectivity index (χ0v) is 18.3. The van der Waals surface area contributed by atoms with E-state index in [4.69, 9.17) is 9.47 Å². The third-order valence-corrected chi connectivity index (χ3v) is 6.14. The fourth-order valence-electron chi connectivity index (χ4n) is 4.42. The lowest BCUT2D eigenvalue weighted by atomic mass is 9.99. The third kappa shape index (κ3) is 5.31. The lowest BCUT2D eigenvalue weighted by Crippen LogP contribution is -2.29. The van der Waals surface area contributed by atoms with Crippen LogP contribution in [0.5, 0.6) is 17.2 Å². The number of carbonyl (C=O) groups excluding carboxylic acids is 1. The Balaban J connectivity index is 1.41. The summed E-state index contributed by atoms with van der Waals surface area (Å²) in [4.78, 5) is 16.1. The number of hydrogen-bond donors (Lipinski definition) is 1. The van der Waals surface area contributed by atoms with E-state index in [0.717, 1.165) is 55.0 Å². The minimum atomic E-state index is 0.135. The highest BCUT2D eigenvalue weighted by Crippen LogP contribution is 2.38. The second-order valence-electron chi connectivity index (χ2n) is 8.36. The summed E-state index contributed by atoms with van der Waals surface area (Å²) in [6.07, 6.45) is 4.09. The van der Waals surface area contributed by atoms with Crippen molar-refractivity contribution in [1.29, 1.82) is 0 Å². The number of benzene rings is 2. The molecule has 6 nitrogen and oxygen atoms in total. The van der Waals surface area contributed by atoms with Crippen LogP contribution in [0.15, 0.2) is 36.4 Å². The van der Waals surface area contributed by atoms with Crippen molar-refractivity contribution >= 4 is 5.91 Å². The number of nitrogens with zero attached hydrogens (tertiary/aromatic N) is 2. The molecule has 166 valence electrons. The highest BCUT2D eigenvalue weighted by molar-refractivity contribution is 5.78. The number of rotatable bonds is 9. The zero-order valence-electron chi connectivity index (χ0n) is 18.3. The van der Waals surface area contributed by atoms with E-state index in [1.165, 1.54) is 12.8 Å². The maximum absolute atomic E-state index is 11.8. The second-order valence-corrected chi connectivity index (χ2v) is 8.36. The molecule has 0 spiro atoms. The van der Waals surface area contributed by atoms with Crippen molar-refractivity contribution in [2.45, 2.75) is 32.6 Å². The van der Waals surface area contributed by atoms with Crippen LogP contribution in [-0.4, -0.2) is 66.8 Å². The van der Waals surface area contributed by atoms with Crippen molar-refractivity contribution < 1.29 is 19.4 Å². The van der Waals surface area contributed by atoms with Crippen LogP contribution in [0.1, 0.15) is 31.2 Å². The van der Waals surface area contributed by atoms with Crippen LogP contribution in [0.3, 0.4) is 0 Å². The molecule has 1 N–H and O–H groups in total. The Morgan fingerprint density at radius 2 is 1.71 bits per heavy atom. The van der Waals surface area contributed by atoms with Crippen molar-refractivity contribution in [2.24, 2.45) is 0 Å². The largest absolute Gasteiger partial charge is 0.504 e. The van der Waals surface area contributed by atoms with E-state index < -0.39 is 0 Å². The average molecular weight is 425 g/mol. The molecule has 4 rings (SSSR count). The lowest BCUT2D eigenvalue weighted by Gasteiger charge is -2.19. The number of hydrogen-bond acceptors (Lipinski definition) is 5. The predicted octanol–water partition coefficient (Wildman–Crippen LogP) is 3.84. The van der Waals surface area contributed by atoms with E-state index in [-0.39, 0.29) is 11.7 Å². The Labute approximate surface area is 184 Å². The molecule has 2 aliphatic rings. The van der Waals surface area contributed by atoms with Crippen molar-refractivity contribution in [2.75, 3.05) is 45.9 Å². The van der Waals surface area contributed by atoms with E-state index in [9.17, 15) is 9.90 Å². The molecule has 0 unspecified atom stereocenters. The van der Waals surface area contributed by atoms with Gasteiger partial charge in [0.1, 0.15) is 19.0 Å². The first kappa shape index (κ1) is 21.5. The van der Waals surface area contributed by atoms with Crippen LogP contribution in [0, 0.1) is 6.92 Å². The molecule has 0 aromatic heterocycles. The number of phenolic OH excluding ortho intramolecular Hbond substituents is 1. The first-order valence-electron chi connectivity index (χ1n) is 11.3. The Hall–Kier alpha value is -2.73. The smallest absolute Gasteiger partial charge is 0.222 e. The molecule has 2 aromatic carbocycles. The summed E-state index contributed by atoms with van der Waals surface area (Å²) >= 11 is 0. The molecule has 0 aliphatic carbocycles. The van der Waals surface area contributed by atoms with Gasteiger partial charge in [-0.1, -0.05) is 18.2 Å². The number of aryl methyl sites for hydroxylation is 1. The van der Waals surface area contributed by atoms with Crippen molar-refractivity contribution in [1.82, 2.24) is 9.80 Å². The van der Waals surface area contributed by atoms with Crippen LogP contribution in [0.2, 0.25) is 0 Å². The molecule has 2 aliphatic heterocycles. The number of ether oxygens (including phenoxy) is 2. The summed E-state index contributed by atoms with van der Waals surface area (Å²) in [6.45, 7) is 7.62. The summed E-state index contributed by atoms with van der Waals surface area (Å²) in [5.74, 6) is 1.61. The van der Waals surface area contributed by atoms with Gasteiger partial charge in [-0.3, -0.25) is 9.69 Å². The zero-order chi connectivity index (χ0) is 21.6. The third-order valence-electron chi connectivity index (χ3n) is 6.14. The van der Waals surface area contributed by atoms with E-state index in [1.807, 2.05) is 42.2 Å². The molecule has 2 heterocycles. The van der Waals surface area contributed by atoms with E-state index in [2.05, 4.69) is 4.90 Å². The normalized spacial score (nSPS) is 16.8. The molecular formula is C25H32N2O4. The standard InChI is InChI=1S/C25H32N2O4/c1-19-6-4-7-23(31-17-15-27-13-5-8-24(27)29)25(19)20-9-10-22(21(28)18-20)30-16-14-26-11-2-3-12-26/h4,6-7,9-10,18,28H,2-3,5,8,11-17H2,1H3. The van der Waals surface area contributed by atoms with Gasteiger partial charge in [0, 0.05) is 25.1 Å². The minimum Gasteiger partial charge on any atom is -0.504 e. The predicted molar refractivity (Wildman–Crippen MR) is 121 cm³/mol. The van der Waals surface area contributed by atoms with E-state index in [0.29, 0.717) is 31.9 Å². The van der Waals surface area contributed by atoms with Gasteiger partial charge in [0.25, 0.3) is 0 Å². The number of amides is 1. The van der Waals surface area contributed by atoms with Crippen LogP contribution < -0.4 is 9.47 Å². The number of likely N-dealkylation sites (tertiary alicyclic amines) is 2. The minimum absolute atomic E-state index is 0.135. The molecular weight excluding hydrogens is 392 g/mol. The van der Waals surface area contributed by atoms with Crippen molar-refractivity contribution in [3.05, 3.63) is 42.0 Å². The summed E-state index contributed by atoms with van der Waals surface area (Å²) < 4.78 is 11.9. The van der Waals surface area contributed by atoms with E-state index >= 15 is 0 Å². The van der Waals surface area contributed by atoms with Gasteiger partial charge in [-0.25, -0.2) is 0 Å². The number of phenols is 1. The molecule has 1 amide bonds. The maximum Gasteiger partial charge on any atom is 0.222 e. The SMILES string of the molecule is Cc1cccc(OCCN2CCCC2=O)c1-c1ccc(OCCN2CCCC2)c(O)c1. The Morgan fingerprint density at radius 1 is 0.935 bits per heavy atom. The summed E-state index contributed by atoms with van der Waals surface area (Å²) in [6, 6.07) is 11.5. The molecule has 2 aromatic rings. The highest BCUT2D eigenvalue weighted by atomic mass is 16.5. The van der Waals surface area contributed by atoms with Gasteiger partial charge in [0.2, 0.25) is 5.91 Å². The molecule has 31 heavy (non-hydrogen) atoms. The summed E-state index contributed by atoms with van der Waals surface area (Å²) in [5, 5.41) is 10.6. The van der Waals surface area contributed by atoms with Crippen molar-refractivity contribution in [3.63, 3.8) is 0 Å². The quantitative estimate of drug-likeness (QED) is 0.663. The number of aromatic hydroxyl groups is 1. The molecule has 0 bridgehead atoms. The van der Waals surface area contributed by atoms with Gasteiger partial charge in [0.15, 0.2) is 11.5 Å². The van der Waals surface area contributed by atoms with Crippen LogP contribution in [0.4, 0.5) is 0 Å². The highest BCUT2D eigenvalue weighted by Gasteiger charge is 2.20. The monoisotopic (exact) mass is 424 g/mol. The summed E-state index contributed by atoms with van der Waals surface area (Å²) in [7, 11) is 0. The van der Waals surface area contributed by atoms with Crippen LogP contribution >= 0.6 is 0 Å². The van der Waals surface area contributed by atoms with Gasteiger partial charge in [-0.2, -0.15) is 0 Å². The van der Waals surface area contributed by atoms with Gasteiger partial charge in [-0.05, 0) is 68.6 Å². The first-order valence-corrected chi connectivity index (χ1v) is 11.3. The molecule has 2 fully saturated rings. The summed E-state index contributed by atoms with van der Waals surface area (Å²) in [5.41, 5.74) is 2.90. The van der Waals surface area contributed by atoms with Crippen molar-refractivity contribution in [3.8, 4) is 28.4 Å².